The van der Waals surface area contributed by atoms with Crippen molar-refractivity contribution >= 4 is 0 Å². The molecule has 6 rings (SSSR count). The minimum atomic E-state index is 0.0429. The van der Waals surface area contributed by atoms with Gasteiger partial charge in [-0.05, 0) is 39.8 Å². The van der Waals surface area contributed by atoms with E-state index in [0.717, 1.165) is 6.42 Å². The number of fused-ring (bicyclic) bond motifs is 1. The van der Waals surface area contributed by atoms with Crippen molar-refractivity contribution < 1.29 is 0 Å². The largest absolute Gasteiger partial charge is 0.0620 e. The third-order valence-corrected chi connectivity index (χ3v) is 6.14. The van der Waals surface area contributed by atoms with Crippen LogP contribution < -0.4 is 0 Å². The van der Waals surface area contributed by atoms with Crippen molar-refractivity contribution in [2.24, 2.45) is 5.41 Å². The van der Waals surface area contributed by atoms with Crippen LogP contribution in [0.3, 0.4) is 0 Å². The standard InChI is InChI=1S/C21H14/c1-2-4-19-14(3-1)13-20(15-5-6-16(20)8-7-15)21(19)17-9-10-18(21)12-11-17/h1-12H,13H2. The van der Waals surface area contributed by atoms with Crippen molar-refractivity contribution in [1.29, 1.82) is 0 Å². The molecule has 1 aromatic rings. The molecule has 5 aliphatic rings. The van der Waals surface area contributed by atoms with E-state index in [-0.39, 0.29) is 10.8 Å². The highest BCUT2D eigenvalue weighted by atomic mass is 14.7. The van der Waals surface area contributed by atoms with Crippen molar-refractivity contribution in [3.63, 3.8) is 0 Å². The molecule has 2 spiro atoms. The molecular weight excluding hydrogens is 252 g/mol. The highest BCUT2D eigenvalue weighted by Gasteiger charge is 2.66. The molecule has 0 saturated carbocycles. The average Bonchev–Trinajstić information content (AvgIpc) is 3.32. The van der Waals surface area contributed by atoms with Gasteiger partial charge in [-0.25, -0.2) is 0 Å². The number of hydrogen-bond donors (Lipinski definition) is 0. The zero-order valence-electron chi connectivity index (χ0n) is 11.6. The van der Waals surface area contributed by atoms with Crippen molar-refractivity contribution in [2.45, 2.75) is 11.8 Å². The normalized spacial score (nSPS) is 26.5. The lowest BCUT2D eigenvalue weighted by molar-refractivity contribution is 0.357. The van der Waals surface area contributed by atoms with Crippen LogP contribution >= 0.6 is 0 Å². The molecular formula is C21H14. The van der Waals surface area contributed by atoms with Gasteiger partial charge in [0.2, 0.25) is 0 Å². The van der Waals surface area contributed by atoms with Crippen molar-refractivity contribution in [1.82, 2.24) is 0 Å². The maximum absolute atomic E-state index is 2.35. The maximum Gasteiger partial charge on any atom is 0.0594 e. The van der Waals surface area contributed by atoms with Crippen molar-refractivity contribution in [2.75, 3.05) is 0 Å². The fourth-order valence-corrected chi connectivity index (χ4v) is 5.47. The fourth-order valence-electron chi connectivity index (χ4n) is 5.47. The third kappa shape index (κ3) is 0.820. The first-order valence-electron chi connectivity index (χ1n) is 7.68. The number of rotatable bonds is 0. The molecule has 1 aromatic carbocycles. The molecule has 5 aliphatic carbocycles. The van der Waals surface area contributed by atoms with Crippen molar-refractivity contribution in [3.05, 3.63) is 106 Å². The number of hydrogen-bond acceptors (Lipinski definition) is 0. The Morgan fingerprint density at radius 3 is 1.86 bits per heavy atom. The zero-order valence-corrected chi connectivity index (χ0v) is 11.6. The van der Waals surface area contributed by atoms with Crippen LogP contribution in [-0.2, 0) is 11.8 Å². The quantitative estimate of drug-likeness (QED) is 0.655. The molecule has 4 bridgehead atoms. The Balaban J connectivity index is 1.78. The van der Waals surface area contributed by atoms with Crippen LogP contribution in [0.4, 0.5) is 0 Å². The Labute approximate surface area is 124 Å². The van der Waals surface area contributed by atoms with Gasteiger partial charge in [-0.1, -0.05) is 72.9 Å². The first-order chi connectivity index (χ1) is 10.4. The second-order valence-corrected chi connectivity index (χ2v) is 6.64. The Hall–Kier alpha value is -2.34. The summed E-state index contributed by atoms with van der Waals surface area (Å²) in [4.78, 5) is 0. The molecule has 0 aliphatic heterocycles. The molecule has 0 N–H and O–H groups in total. The summed E-state index contributed by atoms with van der Waals surface area (Å²) < 4.78 is 0. The second kappa shape index (κ2) is 2.96. The molecule has 0 aromatic heterocycles. The van der Waals surface area contributed by atoms with Crippen LogP contribution in [0.5, 0.6) is 0 Å². The van der Waals surface area contributed by atoms with Crippen LogP contribution in [-0.4, -0.2) is 0 Å². The molecule has 0 atom stereocenters. The topological polar surface area (TPSA) is 0 Å². The highest BCUT2D eigenvalue weighted by Crippen LogP contribution is 2.72. The summed E-state index contributed by atoms with van der Waals surface area (Å²) in [6.45, 7) is 0. The van der Waals surface area contributed by atoms with E-state index in [1.54, 1.807) is 0 Å². The number of benzene rings is 1. The van der Waals surface area contributed by atoms with Crippen LogP contribution in [0.1, 0.15) is 11.1 Å². The smallest absolute Gasteiger partial charge is 0.0594 e. The Morgan fingerprint density at radius 2 is 1.24 bits per heavy atom. The fraction of sp³-hybridized carbons (Fsp3) is 0.143. The second-order valence-electron chi connectivity index (χ2n) is 6.64. The van der Waals surface area contributed by atoms with E-state index < -0.39 is 0 Å². The molecule has 21 heavy (non-hydrogen) atoms. The van der Waals surface area contributed by atoms with Crippen LogP contribution in [0, 0.1) is 5.41 Å². The van der Waals surface area contributed by atoms with Gasteiger partial charge < -0.3 is 0 Å². The molecule has 0 heteroatoms. The molecule has 98 valence electrons. The van der Waals surface area contributed by atoms with Crippen LogP contribution in [0.2, 0.25) is 0 Å². The average molecular weight is 266 g/mol. The summed E-state index contributed by atoms with van der Waals surface area (Å²) in [5.74, 6) is 0. The maximum atomic E-state index is 2.35. The minimum Gasteiger partial charge on any atom is -0.0620 e. The third-order valence-electron chi connectivity index (χ3n) is 6.14. The molecule has 0 radical (unpaired) electrons. The predicted molar refractivity (Wildman–Crippen MR) is 84.9 cm³/mol. The van der Waals surface area contributed by atoms with Crippen LogP contribution in [0.25, 0.3) is 0 Å². The van der Waals surface area contributed by atoms with Gasteiger partial charge in [0.25, 0.3) is 0 Å². The first-order valence-corrected chi connectivity index (χ1v) is 7.68. The van der Waals surface area contributed by atoms with Gasteiger partial charge in [0.05, 0.1) is 5.41 Å². The summed E-state index contributed by atoms with van der Waals surface area (Å²) in [5, 5.41) is 0. The first kappa shape index (κ1) is 10.4. The summed E-state index contributed by atoms with van der Waals surface area (Å²) in [6, 6.07) is 9.06. The van der Waals surface area contributed by atoms with Gasteiger partial charge in [-0.3, -0.25) is 0 Å². The summed E-state index contributed by atoms with van der Waals surface area (Å²) in [5.41, 5.74) is 9.15. The molecule has 0 saturated heterocycles. The van der Waals surface area contributed by atoms with Gasteiger partial charge in [0.15, 0.2) is 0 Å². The Kier molecular flexibility index (Phi) is 1.47. The minimum absolute atomic E-state index is 0.0429. The van der Waals surface area contributed by atoms with E-state index in [9.17, 15) is 0 Å². The lowest BCUT2D eigenvalue weighted by atomic mass is 9.57. The van der Waals surface area contributed by atoms with Gasteiger partial charge in [0, 0.05) is 5.41 Å². The highest BCUT2D eigenvalue weighted by molar-refractivity contribution is 5.79. The Bertz CT molecular complexity index is 865. The van der Waals surface area contributed by atoms with E-state index in [2.05, 4.69) is 72.9 Å². The zero-order chi connectivity index (χ0) is 13.7. The van der Waals surface area contributed by atoms with Gasteiger partial charge in [0.1, 0.15) is 0 Å². The van der Waals surface area contributed by atoms with Gasteiger partial charge in [-0.2, -0.15) is 0 Å². The predicted octanol–water partition coefficient (Wildman–Crippen LogP) is 4.34. The lowest BCUT2D eigenvalue weighted by Crippen LogP contribution is -2.42. The molecule has 0 unspecified atom stereocenters. The molecule has 0 heterocycles. The monoisotopic (exact) mass is 266 g/mol. The van der Waals surface area contributed by atoms with Gasteiger partial charge >= 0.3 is 0 Å². The van der Waals surface area contributed by atoms with Crippen LogP contribution in [0.15, 0.2) is 95.2 Å². The lowest BCUT2D eigenvalue weighted by Gasteiger charge is -2.43. The summed E-state index contributed by atoms with van der Waals surface area (Å²) in [7, 11) is 0. The van der Waals surface area contributed by atoms with E-state index in [0.29, 0.717) is 0 Å². The molecule has 0 amide bonds. The van der Waals surface area contributed by atoms with E-state index in [1.807, 2.05) is 0 Å². The summed E-state index contributed by atoms with van der Waals surface area (Å²) >= 11 is 0. The number of allylic oxidation sites excluding steroid dienone is 12. The van der Waals surface area contributed by atoms with E-state index in [4.69, 9.17) is 0 Å². The van der Waals surface area contributed by atoms with Crippen molar-refractivity contribution in [3.8, 4) is 0 Å². The van der Waals surface area contributed by atoms with E-state index >= 15 is 0 Å². The summed E-state index contributed by atoms with van der Waals surface area (Å²) in [6.07, 6.45) is 19.8. The Morgan fingerprint density at radius 1 is 0.667 bits per heavy atom. The SMILES string of the molecule is C1=CC2=CC=C1C21Cc2ccccc2C12C1=CC=C2C=C1. The molecule has 0 fully saturated rings. The van der Waals surface area contributed by atoms with E-state index in [1.165, 1.54) is 33.4 Å². The van der Waals surface area contributed by atoms with Gasteiger partial charge in [-0.15, -0.1) is 0 Å². The molecule has 0 nitrogen and oxygen atoms in total.